The van der Waals surface area contributed by atoms with Crippen LogP contribution >= 0.6 is 0 Å². The van der Waals surface area contributed by atoms with Gasteiger partial charge in [0.1, 0.15) is 6.54 Å². The normalized spacial score (nSPS) is 15.4. The van der Waals surface area contributed by atoms with Gasteiger partial charge in [0.2, 0.25) is 10.0 Å². The first kappa shape index (κ1) is 21.5. The number of amides is 1. The molecule has 0 radical (unpaired) electrons. The van der Waals surface area contributed by atoms with E-state index in [1.165, 1.54) is 64.1 Å². The lowest BCUT2D eigenvalue weighted by Crippen LogP contribution is -3.11. The molecule has 0 spiro atoms. The average molecular weight is 417 g/mol. The highest BCUT2D eigenvalue weighted by Crippen LogP contribution is 2.15. The summed E-state index contributed by atoms with van der Waals surface area (Å²) in [5.41, 5.74) is 2.71. The maximum atomic E-state index is 12.6. The Balaban J connectivity index is 1.68. The Kier molecular flexibility index (Phi) is 7.05. The van der Waals surface area contributed by atoms with Gasteiger partial charge in [-0.15, -0.1) is 0 Å². The number of rotatable bonds is 7. The molecule has 2 N–H and O–H groups in total. The third kappa shape index (κ3) is 5.44. The highest BCUT2D eigenvalue weighted by atomic mass is 32.2. The quantitative estimate of drug-likeness (QED) is 0.718. The van der Waals surface area contributed by atoms with Gasteiger partial charge in [-0.05, 0) is 43.0 Å². The molecule has 1 amide bonds. The Morgan fingerprint density at radius 3 is 2.38 bits per heavy atom. The molecule has 0 saturated carbocycles. The number of carbonyl (C=O) groups excluding carboxylic acids is 1. The Morgan fingerprint density at radius 2 is 1.69 bits per heavy atom. The lowest BCUT2D eigenvalue weighted by Gasteiger charge is -2.24. The van der Waals surface area contributed by atoms with Crippen LogP contribution in [0.2, 0.25) is 0 Å². The van der Waals surface area contributed by atoms with Gasteiger partial charge in [-0.1, -0.05) is 30.3 Å². The van der Waals surface area contributed by atoms with Gasteiger partial charge in [-0.2, -0.15) is 0 Å². The molecule has 0 aliphatic carbocycles. The van der Waals surface area contributed by atoms with E-state index in [0.29, 0.717) is 12.1 Å². The number of hydrogen-bond donors (Lipinski definition) is 2. The Bertz CT molecular complexity index is 951. The molecule has 0 atom stereocenters. The molecule has 6 nitrogen and oxygen atoms in total. The van der Waals surface area contributed by atoms with Crippen molar-refractivity contribution in [1.82, 2.24) is 9.62 Å². The second kappa shape index (κ2) is 9.52. The molecular formula is C22H30N3O3S+. The van der Waals surface area contributed by atoms with E-state index in [0.717, 1.165) is 16.4 Å². The van der Waals surface area contributed by atoms with Crippen LogP contribution in [0.1, 0.15) is 40.7 Å². The summed E-state index contributed by atoms with van der Waals surface area (Å²) in [7, 11) is -0.622. The van der Waals surface area contributed by atoms with Crippen LogP contribution in [-0.4, -0.2) is 45.8 Å². The molecule has 2 aromatic rings. The number of nitrogens with zero attached hydrogens (tertiary/aromatic N) is 1. The van der Waals surface area contributed by atoms with Crippen molar-refractivity contribution in [2.75, 3.05) is 27.2 Å². The largest absolute Gasteiger partial charge is 0.348 e. The fourth-order valence-electron chi connectivity index (χ4n) is 3.69. The van der Waals surface area contributed by atoms with Crippen molar-refractivity contribution < 1.29 is 18.1 Å². The number of hydrogen-bond acceptors (Lipinski definition) is 3. The Morgan fingerprint density at radius 1 is 1.00 bits per heavy atom. The second-order valence-electron chi connectivity index (χ2n) is 7.75. The molecule has 156 valence electrons. The van der Waals surface area contributed by atoms with E-state index >= 15 is 0 Å². The van der Waals surface area contributed by atoms with E-state index in [2.05, 4.69) is 11.4 Å². The first-order chi connectivity index (χ1) is 13.9. The smallest absolute Gasteiger partial charge is 0.251 e. The number of sulfonamides is 1. The van der Waals surface area contributed by atoms with E-state index in [1.807, 2.05) is 18.2 Å². The zero-order valence-electron chi connectivity index (χ0n) is 17.1. The van der Waals surface area contributed by atoms with Gasteiger partial charge in [0.15, 0.2) is 0 Å². The molecule has 1 heterocycles. The zero-order valence-corrected chi connectivity index (χ0v) is 18.0. The second-order valence-corrected chi connectivity index (χ2v) is 9.91. The van der Waals surface area contributed by atoms with Crippen molar-refractivity contribution in [3.8, 4) is 0 Å². The van der Waals surface area contributed by atoms with Crippen molar-refractivity contribution >= 4 is 15.9 Å². The molecule has 0 bridgehead atoms. The standard InChI is InChI=1S/C22H29N3O3S/c1-24(2)29(27,28)21-12-8-11-18(15-21)22(26)23-16-19-9-4-5-10-20(19)17-25-13-6-3-7-14-25/h4-5,8-12,15H,3,6-7,13-14,16-17H2,1-2H3,(H,23,26)/p+1. The first-order valence-electron chi connectivity index (χ1n) is 10.1. The molecule has 1 aliphatic rings. The first-order valence-corrected chi connectivity index (χ1v) is 11.5. The summed E-state index contributed by atoms with van der Waals surface area (Å²) < 4.78 is 25.8. The predicted octanol–water partition coefficient (Wildman–Crippen LogP) is 1.44. The van der Waals surface area contributed by atoms with Gasteiger partial charge in [0.05, 0.1) is 18.0 Å². The van der Waals surface area contributed by atoms with Crippen LogP contribution in [0.5, 0.6) is 0 Å². The number of likely N-dealkylation sites (tertiary alicyclic amines) is 1. The molecule has 3 rings (SSSR count). The van der Waals surface area contributed by atoms with Crippen LogP contribution in [-0.2, 0) is 23.1 Å². The van der Waals surface area contributed by atoms with E-state index in [9.17, 15) is 13.2 Å². The minimum Gasteiger partial charge on any atom is -0.348 e. The van der Waals surface area contributed by atoms with Crippen molar-refractivity contribution in [3.63, 3.8) is 0 Å². The van der Waals surface area contributed by atoms with Crippen molar-refractivity contribution in [1.29, 1.82) is 0 Å². The van der Waals surface area contributed by atoms with Crippen molar-refractivity contribution in [2.45, 2.75) is 37.2 Å². The van der Waals surface area contributed by atoms with E-state index in [1.54, 1.807) is 17.0 Å². The molecule has 2 aromatic carbocycles. The summed E-state index contributed by atoms with van der Waals surface area (Å²) in [6, 6.07) is 14.4. The van der Waals surface area contributed by atoms with Gasteiger partial charge < -0.3 is 10.2 Å². The van der Waals surface area contributed by atoms with Crippen LogP contribution in [0.4, 0.5) is 0 Å². The summed E-state index contributed by atoms with van der Waals surface area (Å²) in [4.78, 5) is 14.4. The van der Waals surface area contributed by atoms with Gasteiger partial charge in [-0.3, -0.25) is 4.79 Å². The number of nitrogens with one attached hydrogen (secondary N) is 2. The average Bonchev–Trinajstić information content (AvgIpc) is 2.73. The van der Waals surface area contributed by atoms with Gasteiger partial charge in [0.25, 0.3) is 5.91 Å². The highest BCUT2D eigenvalue weighted by molar-refractivity contribution is 7.89. The van der Waals surface area contributed by atoms with Gasteiger partial charge in [0, 0.05) is 31.8 Å². The third-order valence-corrected chi connectivity index (χ3v) is 7.24. The van der Waals surface area contributed by atoms with E-state index in [4.69, 9.17) is 0 Å². The van der Waals surface area contributed by atoms with Crippen molar-refractivity contribution in [2.24, 2.45) is 0 Å². The summed E-state index contributed by atoms with van der Waals surface area (Å²) >= 11 is 0. The van der Waals surface area contributed by atoms with Crippen LogP contribution in [0, 0.1) is 0 Å². The Labute approximate surface area is 173 Å². The molecule has 0 unspecified atom stereocenters. The van der Waals surface area contributed by atoms with E-state index in [-0.39, 0.29) is 10.8 Å². The number of carbonyl (C=O) groups is 1. The summed E-state index contributed by atoms with van der Waals surface area (Å²) in [6.45, 7) is 3.80. The molecule has 1 saturated heterocycles. The molecule has 7 heteroatoms. The van der Waals surface area contributed by atoms with Gasteiger partial charge in [-0.25, -0.2) is 12.7 Å². The molecule has 0 aromatic heterocycles. The minimum absolute atomic E-state index is 0.115. The number of benzene rings is 2. The maximum absolute atomic E-state index is 12.6. The highest BCUT2D eigenvalue weighted by Gasteiger charge is 2.19. The topological polar surface area (TPSA) is 70.9 Å². The lowest BCUT2D eigenvalue weighted by molar-refractivity contribution is -0.918. The Hall–Kier alpha value is -2.22. The van der Waals surface area contributed by atoms with Gasteiger partial charge >= 0.3 is 0 Å². The summed E-state index contributed by atoms with van der Waals surface area (Å²) in [5.74, 6) is -0.277. The molecular weight excluding hydrogens is 386 g/mol. The SMILES string of the molecule is CN(C)S(=O)(=O)c1cccc(C(=O)NCc2ccccc2C[NH+]2CCCCC2)c1. The molecule has 29 heavy (non-hydrogen) atoms. The molecule has 1 fully saturated rings. The van der Waals surface area contributed by atoms with Crippen LogP contribution in [0.15, 0.2) is 53.4 Å². The van der Waals surface area contributed by atoms with E-state index < -0.39 is 10.0 Å². The summed E-state index contributed by atoms with van der Waals surface area (Å²) in [5, 5.41) is 2.94. The van der Waals surface area contributed by atoms with Crippen molar-refractivity contribution in [3.05, 3.63) is 65.2 Å². The predicted molar refractivity (Wildman–Crippen MR) is 113 cm³/mol. The summed E-state index contributed by atoms with van der Waals surface area (Å²) in [6.07, 6.45) is 3.88. The monoisotopic (exact) mass is 416 g/mol. The van der Waals surface area contributed by atoms with Crippen LogP contribution < -0.4 is 10.2 Å². The molecule has 1 aliphatic heterocycles. The van der Waals surface area contributed by atoms with Crippen LogP contribution in [0.3, 0.4) is 0 Å². The maximum Gasteiger partial charge on any atom is 0.251 e. The fraction of sp³-hybridized carbons (Fsp3) is 0.409. The number of quaternary nitrogens is 1. The number of piperidine rings is 1. The zero-order chi connectivity index (χ0) is 20.9. The minimum atomic E-state index is -3.57. The fourth-order valence-corrected chi connectivity index (χ4v) is 4.63. The van der Waals surface area contributed by atoms with Crippen LogP contribution in [0.25, 0.3) is 0 Å². The third-order valence-electron chi connectivity index (χ3n) is 5.43. The lowest BCUT2D eigenvalue weighted by atomic mass is 10.0.